The summed E-state index contributed by atoms with van der Waals surface area (Å²) in [6, 6.07) is 5.95. The van der Waals surface area contributed by atoms with Crippen LogP contribution in [0.15, 0.2) is 18.2 Å². The van der Waals surface area contributed by atoms with E-state index in [0.717, 1.165) is 5.56 Å². The van der Waals surface area contributed by atoms with Crippen LogP contribution in [0.25, 0.3) is 0 Å². The maximum atomic E-state index is 13.6. The van der Waals surface area contributed by atoms with E-state index in [4.69, 9.17) is 4.74 Å². The Morgan fingerprint density at radius 2 is 2.07 bits per heavy atom. The molecule has 15 heavy (non-hydrogen) atoms. The Bertz CT molecular complexity index is 393. The van der Waals surface area contributed by atoms with Crippen molar-refractivity contribution >= 4 is 9.24 Å². The summed E-state index contributed by atoms with van der Waals surface area (Å²) in [5, 5.41) is 0. The van der Waals surface area contributed by atoms with Gasteiger partial charge in [-0.05, 0) is 17.0 Å². The zero-order chi connectivity index (χ0) is 11.3. The summed E-state index contributed by atoms with van der Waals surface area (Å²) in [4.78, 5) is 0. The molecule has 0 bridgehead atoms. The monoisotopic (exact) mass is 226 g/mol. The fraction of sp³-hybridized carbons (Fsp3) is 0.500. The van der Waals surface area contributed by atoms with Crippen LogP contribution in [0.3, 0.4) is 0 Å². The molecule has 2 rings (SSSR count). The topological polar surface area (TPSA) is 9.23 Å². The van der Waals surface area contributed by atoms with Crippen molar-refractivity contribution in [3.05, 3.63) is 29.3 Å². The molecule has 0 fully saturated rings. The third-order valence-corrected chi connectivity index (χ3v) is 2.97. The van der Waals surface area contributed by atoms with Crippen LogP contribution in [-0.4, -0.2) is 5.60 Å². The number of ether oxygens (including phenoxy) is 1. The molecule has 0 amide bonds. The Morgan fingerprint density at radius 1 is 1.40 bits per heavy atom. The Morgan fingerprint density at radius 3 is 2.67 bits per heavy atom. The minimum absolute atomic E-state index is 0.0703. The average Bonchev–Trinajstić information content (AvgIpc) is 2.34. The third-order valence-electron chi connectivity index (χ3n) is 2.64. The van der Waals surface area contributed by atoms with Crippen LogP contribution in [0, 0.1) is 0 Å². The van der Waals surface area contributed by atoms with Gasteiger partial charge in [0.05, 0.1) is 0 Å². The maximum absolute atomic E-state index is 13.6. The number of fused-ring (bicyclic) bond motifs is 1. The van der Waals surface area contributed by atoms with Crippen molar-refractivity contribution in [1.29, 1.82) is 0 Å². The highest BCUT2D eigenvalue weighted by atomic mass is 31.0. The molecule has 1 aromatic carbocycles. The van der Waals surface area contributed by atoms with Crippen LogP contribution in [0.2, 0.25) is 0 Å². The van der Waals surface area contributed by atoms with E-state index in [0.29, 0.717) is 12.2 Å². The molecule has 0 N–H and O–H groups in total. The first-order valence-corrected chi connectivity index (χ1v) is 5.66. The summed E-state index contributed by atoms with van der Waals surface area (Å²) in [6.45, 7) is 6.40. The van der Waals surface area contributed by atoms with Gasteiger partial charge >= 0.3 is 0 Å². The Balaban J connectivity index is 2.39. The second-order valence-corrected chi connectivity index (χ2v) is 6.00. The van der Waals surface area contributed by atoms with Gasteiger partial charge in [-0.25, -0.2) is 0 Å². The van der Waals surface area contributed by atoms with Crippen LogP contribution in [0.5, 0.6) is 5.75 Å². The molecule has 3 heteroatoms. The van der Waals surface area contributed by atoms with Crippen LogP contribution in [-0.2, 0) is 11.8 Å². The molecule has 1 aromatic rings. The maximum Gasteiger partial charge on any atom is 0.263 e. The minimum Gasteiger partial charge on any atom is -0.454 e. The molecular weight excluding hydrogens is 210 g/mol. The molecule has 1 aliphatic rings. The van der Waals surface area contributed by atoms with Crippen molar-refractivity contribution in [3.8, 4) is 5.75 Å². The van der Waals surface area contributed by atoms with E-state index in [1.54, 1.807) is 0 Å². The molecule has 0 aliphatic carbocycles. The highest BCUT2D eigenvalue weighted by Crippen LogP contribution is 2.41. The van der Waals surface area contributed by atoms with Gasteiger partial charge in [-0.1, -0.05) is 42.1 Å². The lowest BCUT2D eigenvalue weighted by molar-refractivity contribution is 0.0512. The predicted octanol–water partition coefficient (Wildman–Crippen LogP) is 3.42. The summed E-state index contributed by atoms with van der Waals surface area (Å²) in [5.41, 5.74) is 0.573. The number of hydrogen-bond acceptors (Lipinski definition) is 1. The van der Waals surface area contributed by atoms with Crippen molar-refractivity contribution in [1.82, 2.24) is 0 Å². The zero-order valence-electron chi connectivity index (χ0n) is 9.30. The molecule has 82 valence electrons. The largest absolute Gasteiger partial charge is 0.454 e. The fourth-order valence-corrected chi connectivity index (χ4v) is 2.09. The van der Waals surface area contributed by atoms with Gasteiger partial charge in [0.2, 0.25) is 0 Å². The van der Waals surface area contributed by atoms with Gasteiger partial charge in [0.25, 0.3) is 5.60 Å². The lowest BCUT2D eigenvalue weighted by atomic mass is 9.86. The number of halogens is 1. The molecular formula is C12H16FOP. The fourth-order valence-electron chi connectivity index (χ4n) is 1.74. The molecule has 0 aromatic heterocycles. The van der Waals surface area contributed by atoms with E-state index >= 15 is 0 Å². The molecule has 1 aliphatic heterocycles. The predicted molar refractivity (Wildman–Crippen MR) is 63.0 cm³/mol. The van der Waals surface area contributed by atoms with Gasteiger partial charge in [-0.3, -0.25) is 0 Å². The summed E-state index contributed by atoms with van der Waals surface area (Å²) < 4.78 is 18.8. The second kappa shape index (κ2) is 3.18. The van der Waals surface area contributed by atoms with Crippen molar-refractivity contribution in [2.45, 2.75) is 38.2 Å². The number of benzene rings is 1. The highest BCUT2D eigenvalue weighted by molar-refractivity contribution is 7.18. The van der Waals surface area contributed by atoms with Crippen molar-refractivity contribution in [2.75, 3.05) is 0 Å². The van der Waals surface area contributed by atoms with Gasteiger partial charge in [0.15, 0.2) is 0 Å². The van der Waals surface area contributed by atoms with Crippen LogP contribution < -0.4 is 4.74 Å². The van der Waals surface area contributed by atoms with Gasteiger partial charge in [0.1, 0.15) is 5.75 Å². The Hall–Kier alpha value is -0.620. The summed E-state index contributed by atoms with van der Waals surface area (Å²) in [6.07, 6.45) is 0.317. The van der Waals surface area contributed by atoms with E-state index in [2.05, 4.69) is 30.0 Å². The zero-order valence-corrected chi connectivity index (χ0v) is 10.5. The first-order chi connectivity index (χ1) is 6.78. The molecule has 2 unspecified atom stereocenters. The lowest BCUT2D eigenvalue weighted by Gasteiger charge is -2.19. The normalized spacial score (nSPS) is 24.9. The Kier molecular flexibility index (Phi) is 2.31. The molecule has 0 radical (unpaired) electrons. The number of hydrogen-bond donors (Lipinski definition) is 0. The number of alkyl halides is 1. The molecule has 0 saturated heterocycles. The van der Waals surface area contributed by atoms with E-state index in [-0.39, 0.29) is 5.41 Å². The van der Waals surface area contributed by atoms with Crippen LogP contribution in [0.4, 0.5) is 4.39 Å². The molecule has 0 spiro atoms. The van der Waals surface area contributed by atoms with Crippen LogP contribution >= 0.6 is 9.24 Å². The SMILES string of the molecule is CC(C)(C)c1ccc2c(c1)OC(F)(P)C2. The van der Waals surface area contributed by atoms with E-state index in [1.807, 2.05) is 18.2 Å². The van der Waals surface area contributed by atoms with Crippen molar-refractivity contribution in [2.24, 2.45) is 0 Å². The number of rotatable bonds is 0. The highest BCUT2D eigenvalue weighted by Gasteiger charge is 2.35. The smallest absolute Gasteiger partial charge is 0.263 e. The van der Waals surface area contributed by atoms with E-state index in [9.17, 15) is 4.39 Å². The van der Waals surface area contributed by atoms with Gasteiger partial charge < -0.3 is 4.74 Å². The van der Waals surface area contributed by atoms with E-state index < -0.39 is 5.60 Å². The second-order valence-electron chi connectivity index (χ2n) is 5.14. The standard InChI is InChI=1S/C12H16FOP/c1-11(2,3)9-5-4-8-7-12(13,15)14-10(8)6-9/h4-6H,7,15H2,1-3H3. The molecule has 2 atom stereocenters. The van der Waals surface area contributed by atoms with Crippen molar-refractivity contribution < 1.29 is 9.13 Å². The molecule has 1 heterocycles. The lowest BCUT2D eigenvalue weighted by Crippen LogP contribution is -2.18. The van der Waals surface area contributed by atoms with Crippen LogP contribution in [0.1, 0.15) is 31.9 Å². The average molecular weight is 226 g/mol. The van der Waals surface area contributed by atoms with Gasteiger partial charge in [0, 0.05) is 12.0 Å². The summed E-state index contributed by atoms with van der Waals surface area (Å²) in [5.74, 6) is 0.680. The third kappa shape index (κ3) is 2.15. The van der Waals surface area contributed by atoms with Crippen molar-refractivity contribution in [3.63, 3.8) is 0 Å². The molecule has 0 saturated carbocycles. The van der Waals surface area contributed by atoms with E-state index in [1.165, 1.54) is 5.56 Å². The van der Waals surface area contributed by atoms with Gasteiger partial charge in [-0.2, -0.15) is 4.39 Å². The first-order valence-electron chi connectivity index (χ1n) is 5.08. The van der Waals surface area contributed by atoms with Gasteiger partial charge in [-0.15, -0.1) is 0 Å². The Labute approximate surface area is 92.2 Å². The summed E-state index contributed by atoms with van der Waals surface area (Å²) >= 11 is 0. The first kappa shape index (κ1) is 10.9. The molecule has 1 nitrogen and oxygen atoms in total. The quantitative estimate of drug-likeness (QED) is 0.616. The summed E-state index contributed by atoms with van der Waals surface area (Å²) in [7, 11) is 2.11. The minimum atomic E-state index is -1.61.